The molecule has 72 valence electrons. The van der Waals surface area contributed by atoms with Crippen molar-refractivity contribution >= 4 is 17.4 Å². The number of aromatic amines is 1. The number of imidazole rings is 1. The smallest absolute Gasteiger partial charge is 0.171 e. The lowest BCUT2D eigenvalue weighted by Gasteiger charge is -2.00. The number of nitrogens with one attached hydrogen (secondary N) is 1. The van der Waals surface area contributed by atoms with Gasteiger partial charge in [-0.15, -0.1) is 0 Å². The third-order valence-corrected chi connectivity index (χ3v) is 2.46. The van der Waals surface area contributed by atoms with Gasteiger partial charge in [0.15, 0.2) is 5.16 Å². The molecule has 0 spiro atoms. The Kier molecular flexibility index (Phi) is 2.36. The van der Waals surface area contributed by atoms with Gasteiger partial charge in [0.25, 0.3) is 0 Å². The van der Waals surface area contributed by atoms with Crippen molar-refractivity contribution in [3.05, 3.63) is 30.5 Å². The second-order valence-corrected chi connectivity index (χ2v) is 3.52. The minimum Gasteiger partial charge on any atom is -0.396 e. The van der Waals surface area contributed by atoms with Crippen LogP contribution in [0.5, 0.6) is 0 Å². The van der Waals surface area contributed by atoms with Crippen LogP contribution in [0.25, 0.3) is 0 Å². The first-order chi connectivity index (χ1) is 6.75. The van der Waals surface area contributed by atoms with Gasteiger partial charge in [0.05, 0.1) is 11.9 Å². The Morgan fingerprint density at radius 1 is 1.43 bits per heavy atom. The molecule has 0 saturated carbocycles. The van der Waals surface area contributed by atoms with Crippen molar-refractivity contribution in [2.45, 2.75) is 10.2 Å². The van der Waals surface area contributed by atoms with E-state index in [2.05, 4.69) is 15.0 Å². The van der Waals surface area contributed by atoms with Crippen LogP contribution < -0.4 is 5.73 Å². The minimum absolute atomic E-state index is 0.311. The Hall–Kier alpha value is -1.56. The molecule has 2 aromatic rings. The van der Waals surface area contributed by atoms with E-state index in [1.807, 2.05) is 0 Å². The summed E-state index contributed by atoms with van der Waals surface area (Å²) >= 11 is 1.26. The molecule has 0 bridgehead atoms. The molecule has 4 nitrogen and oxygen atoms in total. The van der Waals surface area contributed by atoms with E-state index in [-0.39, 0.29) is 0 Å². The summed E-state index contributed by atoms with van der Waals surface area (Å²) in [6, 6.07) is 1.23. The predicted molar refractivity (Wildman–Crippen MR) is 51.3 cm³/mol. The molecule has 0 fully saturated rings. The summed E-state index contributed by atoms with van der Waals surface area (Å²) in [6.45, 7) is 0. The number of halogens is 1. The fourth-order valence-electron chi connectivity index (χ4n) is 0.926. The number of aromatic nitrogens is 3. The number of rotatable bonds is 2. The van der Waals surface area contributed by atoms with Crippen LogP contribution in [0.1, 0.15) is 0 Å². The van der Waals surface area contributed by atoms with Crippen LogP contribution in [0.3, 0.4) is 0 Å². The highest BCUT2D eigenvalue weighted by molar-refractivity contribution is 7.99. The molecule has 2 aromatic heterocycles. The van der Waals surface area contributed by atoms with Crippen molar-refractivity contribution in [2.75, 3.05) is 5.73 Å². The normalized spacial score (nSPS) is 10.4. The monoisotopic (exact) mass is 210 g/mol. The number of nitrogens with two attached hydrogens (primary N) is 1. The molecule has 6 heteroatoms. The summed E-state index contributed by atoms with van der Waals surface area (Å²) < 4.78 is 12.7. The van der Waals surface area contributed by atoms with Crippen molar-refractivity contribution in [1.29, 1.82) is 0 Å². The number of nitrogen functional groups attached to an aromatic ring is 1. The van der Waals surface area contributed by atoms with Gasteiger partial charge in [-0.1, -0.05) is 0 Å². The maximum atomic E-state index is 12.7. The lowest BCUT2D eigenvalue weighted by Crippen LogP contribution is -1.93. The summed E-state index contributed by atoms with van der Waals surface area (Å²) in [5, 5.41) is 1.22. The van der Waals surface area contributed by atoms with E-state index in [9.17, 15) is 4.39 Å². The number of anilines is 1. The molecule has 14 heavy (non-hydrogen) atoms. The van der Waals surface area contributed by atoms with E-state index in [0.717, 1.165) is 6.20 Å². The number of hydrogen-bond acceptors (Lipinski definition) is 4. The summed E-state index contributed by atoms with van der Waals surface area (Å²) in [5.41, 5.74) is 5.88. The first-order valence-corrected chi connectivity index (χ1v) is 4.65. The fourth-order valence-corrected chi connectivity index (χ4v) is 1.63. The van der Waals surface area contributed by atoms with Gasteiger partial charge in [0.2, 0.25) is 0 Å². The first kappa shape index (κ1) is 9.01. The molecule has 2 heterocycles. The average molecular weight is 210 g/mol. The third-order valence-electron chi connectivity index (χ3n) is 1.51. The quantitative estimate of drug-likeness (QED) is 0.791. The molecule has 0 radical (unpaired) electrons. The second kappa shape index (κ2) is 3.67. The number of hydrogen-bond donors (Lipinski definition) is 2. The molecule has 2 rings (SSSR count). The van der Waals surface area contributed by atoms with Crippen molar-refractivity contribution in [3.63, 3.8) is 0 Å². The van der Waals surface area contributed by atoms with E-state index < -0.39 is 5.82 Å². The third kappa shape index (κ3) is 1.85. The first-order valence-electron chi connectivity index (χ1n) is 3.84. The summed E-state index contributed by atoms with van der Waals surface area (Å²) in [6.07, 6.45) is 4.45. The van der Waals surface area contributed by atoms with Gasteiger partial charge in [0, 0.05) is 18.5 Å². The van der Waals surface area contributed by atoms with Gasteiger partial charge in [0.1, 0.15) is 10.8 Å². The molecule has 0 saturated heterocycles. The van der Waals surface area contributed by atoms with E-state index in [1.165, 1.54) is 17.8 Å². The van der Waals surface area contributed by atoms with Crippen molar-refractivity contribution in [1.82, 2.24) is 15.0 Å². The zero-order chi connectivity index (χ0) is 9.97. The van der Waals surface area contributed by atoms with Crippen molar-refractivity contribution < 1.29 is 4.39 Å². The lowest BCUT2D eigenvalue weighted by molar-refractivity contribution is 0.619. The Morgan fingerprint density at radius 3 is 2.93 bits per heavy atom. The summed E-state index contributed by atoms with van der Waals surface area (Å²) in [5.74, 6) is -0.439. The van der Waals surface area contributed by atoms with Gasteiger partial charge < -0.3 is 10.7 Å². The van der Waals surface area contributed by atoms with E-state index in [0.29, 0.717) is 15.9 Å². The van der Waals surface area contributed by atoms with Crippen LogP contribution in [0, 0.1) is 5.82 Å². The van der Waals surface area contributed by atoms with Gasteiger partial charge in [-0.05, 0) is 11.8 Å². The maximum absolute atomic E-state index is 12.7. The van der Waals surface area contributed by atoms with Gasteiger partial charge in [-0.25, -0.2) is 14.4 Å². The molecule has 0 aliphatic rings. The van der Waals surface area contributed by atoms with Crippen LogP contribution >= 0.6 is 11.8 Å². The van der Waals surface area contributed by atoms with Crippen LogP contribution in [-0.2, 0) is 0 Å². The average Bonchev–Trinajstić information content (AvgIpc) is 2.62. The lowest BCUT2D eigenvalue weighted by atomic mass is 10.4. The minimum atomic E-state index is -0.439. The molecule has 3 N–H and O–H groups in total. The molecule has 0 aromatic carbocycles. The molecule has 0 atom stereocenters. The predicted octanol–water partition coefficient (Wildman–Crippen LogP) is 1.68. The molecular formula is C8H7FN4S. The van der Waals surface area contributed by atoms with E-state index in [1.54, 1.807) is 12.4 Å². The summed E-state index contributed by atoms with van der Waals surface area (Å²) in [7, 11) is 0. The van der Waals surface area contributed by atoms with Crippen LogP contribution in [0.15, 0.2) is 34.8 Å². The topological polar surface area (TPSA) is 67.6 Å². The Balaban J connectivity index is 2.25. The van der Waals surface area contributed by atoms with Crippen LogP contribution in [0.2, 0.25) is 0 Å². The SMILES string of the molecule is Nc1cc(F)cnc1Sc1ncc[nH]1. The van der Waals surface area contributed by atoms with Crippen LogP contribution in [0.4, 0.5) is 10.1 Å². The van der Waals surface area contributed by atoms with Gasteiger partial charge in [-0.3, -0.25) is 0 Å². The second-order valence-electron chi connectivity index (χ2n) is 2.54. The molecule has 0 aliphatic heterocycles. The molecule has 0 aliphatic carbocycles. The zero-order valence-electron chi connectivity index (χ0n) is 7.07. The zero-order valence-corrected chi connectivity index (χ0v) is 7.88. The molecule has 0 amide bonds. The number of pyridine rings is 1. The Morgan fingerprint density at radius 2 is 2.29 bits per heavy atom. The maximum Gasteiger partial charge on any atom is 0.171 e. The Bertz CT molecular complexity index is 429. The molecular weight excluding hydrogens is 203 g/mol. The number of nitrogens with zero attached hydrogens (tertiary/aromatic N) is 2. The fraction of sp³-hybridized carbons (Fsp3) is 0. The van der Waals surface area contributed by atoms with Crippen molar-refractivity contribution in [2.24, 2.45) is 0 Å². The van der Waals surface area contributed by atoms with Crippen LogP contribution in [-0.4, -0.2) is 15.0 Å². The van der Waals surface area contributed by atoms with Gasteiger partial charge in [-0.2, -0.15) is 0 Å². The highest BCUT2D eigenvalue weighted by atomic mass is 32.2. The van der Waals surface area contributed by atoms with E-state index >= 15 is 0 Å². The number of H-pyrrole nitrogens is 1. The summed E-state index contributed by atoms with van der Waals surface area (Å²) in [4.78, 5) is 10.7. The standard InChI is InChI=1S/C8H7FN4S/c9-5-3-6(10)7(13-4-5)14-8-11-1-2-12-8/h1-4H,10H2,(H,11,12). The highest BCUT2D eigenvalue weighted by Crippen LogP contribution is 2.27. The largest absolute Gasteiger partial charge is 0.396 e. The van der Waals surface area contributed by atoms with Crippen molar-refractivity contribution in [3.8, 4) is 0 Å². The molecule has 0 unspecified atom stereocenters. The van der Waals surface area contributed by atoms with E-state index in [4.69, 9.17) is 5.73 Å². The van der Waals surface area contributed by atoms with Gasteiger partial charge >= 0.3 is 0 Å². The highest BCUT2D eigenvalue weighted by Gasteiger charge is 2.05. The Labute approximate surface area is 83.8 Å².